The number of aliphatic hydroxyl groups excluding tert-OH is 1. The van der Waals surface area contributed by atoms with E-state index in [4.69, 9.17) is 18.9 Å². The molecule has 0 bridgehead atoms. The molecule has 3 atom stereocenters. The van der Waals surface area contributed by atoms with Gasteiger partial charge in [0.2, 0.25) is 0 Å². The third kappa shape index (κ3) is 4.78. The lowest BCUT2D eigenvalue weighted by atomic mass is 9.66. The molecule has 4 rings (SSSR count). The molecule has 1 aliphatic carbocycles. The second-order valence-electron chi connectivity index (χ2n) is 9.17. The summed E-state index contributed by atoms with van der Waals surface area (Å²) in [4.78, 5) is 2.58. The third-order valence-electron chi connectivity index (χ3n) is 7.42. The molecule has 0 spiro atoms. The van der Waals surface area contributed by atoms with Crippen LogP contribution in [-0.4, -0.2) is 64.7 Å². The van der Waals surface area contributed by atoms with Gasteiger partial charge >= 0.3 is 0 Å². The molecule has 1 heterocycles. The Morgan fingerprint density at radius 2 is 1.45 bits per heavy atom. The lowest BCUT2D eigenvalue weighted by Crippen LogP contribution is -2.42. The largest absolute Gasteiger partial charge is 0.493 e. The van der Waals surface area contributed by atoms with Gasteiger partial charge in [-0.2, -0.15) is 0 Å². The van der Waals surface area contributed by atoms with E-state index >= 15 is 0 Å². The Labute approximate surface area is 197 Å². The number of piperidine rings is 1. The summed E-state index contributed by atoms with van der Waals surface area (Å²) in [5.74, 6) is 3.33. The quantitative estimate of drug-likeness (QED) is 0.646. The Morgan fingerprint density at radius 1 is 0.818 bits per heavy atom. The van der Waals surface area contributed by atoms with Crippen LogP contribution in [0.1, 0.15) is 41.9 Å². The normalized spacial score (nSPS) is 23.0. The second kappa shape index (κ2) is 10.7. The van der Waals surface area contributed by atoms with Crippen molar-refractivity contribution in [2.75, 3.05) is 54.7 Å². The molecule has 6 nitrogen and oxygen atoms in total. The molecule has 1 N–H and O–H groups in total. The number of nitrogens with zero attached hydrogens (tertiary/aromatic N) is 1. The summed E-state index contributed by atoms with van der Waals surface area (Å²) in [5.41, 5.74) is 3.57. The number of hydrogen-bond acceptors (Lipinski definition) is 6. The van der Waals surface area contributed by atoms with Crippen molar-refractivity contribution in [3.63, 3.8) is 0 Å². The number of methoxy groups -OCH3 is 4. The number of likely N-dealkylation sites (tertiary alicyclic amines) is 1. The molecule has 33 heavy (non-hydrogen) atoms. The van der Waals surface area contributed by atoms with Crippen LogP contribution in [0.4, 0.5) is 0 Å². The number of ether oxygens (including phenoxy) is 4. The summed E-state index contributed by atoms with van der Waals surface area (Å²) < 4.78 is 22.4. The number of fused-ring (bicyclic) bond motifs is 1. The van der Waals surface area contributed by atoms with Crippen LogP contribution in [0.3, 0.4) is 0 Å². The Kier molecular flexibility index (Phi) is 7.66. The van der Waals surface area contributed by atoms with E-state index in [1.165, 1.54) is 30.4 Å². The molecule has 2 aromatic rings. The predicted molar refractivity (Wildman–Crippen MR) is 129 cm³/mol. The van der Waals surface area contributed by atoms with Crippen molar-refractivity contribution in [3.05, 3.63) is 47.0 Å². The summed E-state index contributed by atoms with van der Waals surface area (Å²) >= 11 is 0. The van der Waals surface area contributed by atoms with E-state index in [0.717, 1.165) is 37.4 Å². The van der Waals surface area contributed by atoms with Crippen LogP contribution in [0.15, 0.2) is 30.3 Å². The SMILES string of the molecule is COc1ccc([C@@H]2c3cc(OC)c(OC)cc3C[C@H](CN3CCCCC3)[C@H]2CO)cc1OC. The lowest BCUT2D eigenvalue weighted by Gasteiger charge is -2.42. The lowest BCUT2D eigenvalue weighted by molar-refractivity contribution is 0.105. The van der Waals surface area contributed by atoms with Crippen LogP contribution in [0, 0.1) is 11.8 Å². The summed E-state index contributed by atoms with van der Waals surface area (Å²) in [6.07, 6.45) is 4.76. The molecule has 0 amide bonds. The fraction of sp³-hybridized carbons (Fsp3) is 0.556. The van der Waals surface area contributed by atoms with Crippen LogP contribution >= 0.6 is 0 Å². The zero-order chi connectivity index (χ0) is 23.4. The standard InChI is InChI=1S/C27H37NO5/c1-30-23-9-8-18(13-24(23)31-2)27-21-15-26(33-4)25(32-3)14-19(21)12-20(22(27)17-29)16-28-10-6-5-7-11-28/h8-9,13-15,20,22,27,29H,5-7,10-12,16-17H2,1-4H3/t20-,22-,27-/m1/s1. The van der Waals surface area contributed by atoms with E-state index in [9.17, 15) is 5.11 Å². The van der Waals surface area contributed by atoms with Crippen molar-refractivity contribution >= 4 is 0 Å². The molecule has 0 radical (unpaired) electrons. The Bertz CT molecular complexity index is 940. The predicted octanol–water partition coefficient (Wildman–Crippen LogP) is 4.12. The first-order valence-electron chi connectivity index (χ1n) is 11.9. The van der Waals surface area contributed by atoms with Gasteiger partial charge in [-0.15, -0.1) is 0 Å². The van der Waals surface area contributed by atoms with E-state index in [1.54, 1.807) is 28.4 Å². The van der Waals surface area contributed by atoms with Gasteiger partial charge in [-0.25, -0.2) is 0 Å². The Morgan fingerprint density at radius 3 is 2.09 bits per heavy atom. The first-order chi connectivity index (χ1) is 16.1. The van der Waals surface area contributed by atoms with Crippen LogP contribution in [0.5, 0.6) is 23.0 Å². The highest BCUT2D eigenvalue weighted by Gasteiger charge is 2.39. The van der Waals surface area contributed by atoms with Gasteiger partial charge in [0.25, 0.3) is 0 Å². The van der Waals surface area contributed by atoms with Crippen molar-refractivity contribution in [1.82, 2.24) is 4.90 Å². The Hall–Kier alpha value is -2.44. The minimum Gasteiger partial charge on any atom is -0.493 e. The number of hydrogen-bond donors (Lipinski definition) is 1. The number of rotatable bonds is 8. The average Bonchev–Trinajstić information content (AvgIpc) is 2.87. The molecule has 1 saturated heterocycles. The van der Waals surface area contributed by atoms with Crippen LogP contribution < -0.4 is 18.9 Å². The summed E-state index contributed by atoms with van der Waals surface area (Å²) in [6.45, 7) is 3.43. The average molecular weight is 456 g/mol. The van der Waals surface area contributed by atoms with Crippen LogP contribution in [0.2, 0.25) is 0 Å². The highest BCUT2D eigenvalue weighted by Crippen LogP contribution is 2.48. The maximum atomic E-state index is 10.7. The van der Waals surface area contributed by atoms with Crippen molar-refractivity contribution in [2.45, 2.75) is 31.6 Å². The number of aliphatic hydroxyl groups is 1. The fourth-order valence-corrected chi connectivity index (χ4v) is 5.74. The van der Waals surface area contributed by atoms with Gasteiger partial charge in [-0.3, -0.25) is 0 Å². The molecule has 180 valence electrons. The van der Waals surface area contributed by atoms with Gasteiger partial charge in [-0.1, -0.05) is 12.5 Å². The smallest absolute Gasteiger partial charge is 0.161 e. The molecule has 0 unspecified atom stereocenters. The molecule has 1 aliphatic heterocycles. The summed E-state index contributed by atoms with van der Waals surface area (Å²) in [6, 6.07) is 10.3. The van der Waals surface area contributed by atoms with Gasteiger partial charge in [0.05, 0.1) is 28.4 Å². The van der Waals surface area contributed by atoms with Crippen LogP contribution in [0.25, 0.3) is 0 Å². The zero-order valence-corrected chi connectivity index (χ0v) is 20.3. The van der Waals surface area contributed by atoms with Crippen molar-refractivity contribution < 1.29 is 24.1 Å². The molecule has 2 aromatic carbocycles. The monoisotopic (exact) mass is 455 g/mol. The zero-order valence-electron chi connectivity index (χ0n) is 20.3. The molecule has 0 aromatic heterocycles. The van der Waals surface area contributed by atoms with Crippen molar-refractivity contribution in [1.29, 1.82) is 0 Å². The maximum absolute atomic E-state index is 10.7. The van der Waals surface area contributed by atoms with Gasteiger partial charge in [0, 0.05) is 19.1 Å². The minimum absolute atomic E-state index is 0.0214. The van der Waals surface area contributed by atoms with E-state index in [1.807, 2.05) is 6.07 Å². The van der Waals surface area contributed by atoms with Gasteiger partial charge in [-0.05, 0) is 85.1 Å². The van der Waals surface area contributed by atoms with Crippen LogP contribution in [-0.2, 0) is 6.42 Å². The first kappa shape index (κ1) is 23.7. The third-order valence-corrected chi connectivity index (χ3v) is 7.42. The summed E-state index contributed by atoms with van der Waals surface area (Å²) in [7, 11) is 6.66. The minimum atomic E-state index is 0.0214. The highest BCUT2D eigenvalue weighted by atomic mass is 16.5. The van der Waals surface area contributed by atoms with Gasteiger partial charge < -0.3 is 29.0 Å². The van der Waals surface area contributed by atoms with Crippen molar-refractivity contribution in [2.24, 2.45) is 11.8 Å². The fourth-order valence-electron chi connectivity index (χ4n) is 5.74. The summed E-state index contributed by atoms with van der Waals surface area (Å²) in [5, 5.41) is 10.7. The second-order valence-corrected chi connectivity index (χ2v) is 9.17. The molecule has 0 saturated carbocycles. The first-order valence-corrected chi connectivity index (χ1v) is 11.9. The van der Waals surface area contributed by atoms with E-state index in [2.05, 4.69) is 29.2 Å². The Balaban J connectivity index is 1.80. The highest BCUT2D eigenvalue weighted by molar-refractivity contribution is 5.54. The molecule has 2 aliphatic rings. The molecule has 1 fully saturated rings. The topological polar surface area (TPSA) is 60.4 Å². The van der Waals surface area contributed by atoms with E-state index < -0.39 is 0 Å². The van der Waals surface area contributed by atoms with Gasteiger partial charge in [0.1, 0.15) is 0 Å². The van der Waals surface area contributed by atoms with Gasteiger partial charge in [0.15, 0.2) is 23.0 Å². The molecular formula is C27H37NO5. The number of benzene rings is 2. The van der Waals surface area contributed by atoms with E-state index in [0.29, 0.717) is 23.2 Å². The molecule has 6 heteroatoms. The van der Waals surface area contributed by atoms with E-state index in [-0.39, 0.29) is 18.4 Å². The van der Waals surface area contributed by atoms with Crippen molar-refractivity contribution in [3.8, 4) is 23.0 Å². The maximum Gasteiger partial charge on any atom is 0.161 e. The molecular weight excluding hydrogens is 418 g/mol.